The Kier molecular flexibility index (Phi) is 5.68. The van der Waals surface area contributed by atoms with Crippen LogP contribution in [0.15, 0.2) is 0 Å². The minimum atomic E-state index is -3.30. The van der Waals surface area contributed by atoms with Crippen molar-refractivity contribution in [2.75, 3.05) is 20.1 Å². The van der Waals surface area contributed by atoms with Gasteiger partial charge in [0.2, 0.25) is 0 Å². The molecule has 0 aromatic carbocycles. The summed E-state index contributed by atoms with van der Waals surface area (Å²) in [5.41, 5.74) is 5.45. The van der Waals surface area contributed by atoms with E-state index in [0.717, 1.165) is 32.1 Å². The number of hydrogen-bond donors (Lipinski definition) is 2. The third kappa shape index (κ3) is 3.69. The lowest BCUT2D eigenvalue weighted by molar-refractivity contribution is 0.250. The van der Waals surface area contributed by atoms with Gasteiger partial charge in [-0.05, 0) is 25.8 Å². The molecule has 0 saturated heterocycles. The maximum Gasteiger partial charge on any atom is 0.279 e. The second-order valence-electron chi connectivity index (χ2n) is 4.25. The highest BCUT2D eigenvalue weighted by molar-refractivity contribution is 7.87. The summed E-state index contributed by atoms with van der Waals surface area (Å²) in [5.74, 6) is 0. The van der Waals surface area contributed by atoms with Crippen molar-refractivity contribution in [3.63, 3.8) is 0 Å². The molecule has 0 aliphatic heterocycles. The minimum Gasteiger partial charge on any atom is -0.330 e. The molecule has 1 aliphatic rings. The Morgan fingerprint density at radius 1 is 1.31 bits per heavy atom. The first kappa shape index (κ1) is 13.9. The maximum atomic E-state index is 11.9. The van der Waals surface area contributed by atoms with Gasteiger partial charge in [0, 0.05) is 19.6 Å². The lowest BCUT2D eigenvalue weighted by Gasteiger charge is -2.32. The summed E-state index contributed by atoms with van der Waals surface area (Å²) < 4.78 is 27.8. The van der Waals surface area contributed by atoms with E-state index in [1.165, 1.54) is 13.5 Å². The Morgan fingerprint density at radius 3 is 2.44 bits per heavy atom. The van der Waals surface area contributed by atoms with Gasteiger partial charge in [0.1, 0.15) is 0 Å². The number of rotatable bonds is 6. The summed E-state index contributed by atoms with van der Waals surface area (Å²) in [6, 6.07) is 0.165. The van der Waals surface area contributed by atoms with Gasteiger partial charge in [-0.2, -0.15) is 12.7 Å². The third-order valence-electron chi connectivity index (χ3n) is 3.13. The zero-order valence-electron chi connectivity index (χ0n) is 9.98. The van der Waals surface area contributed by atoms with Crippen LogP contribution in [0.25, 0.3) is 0 Å². The lowest BCUT2D eigenvalue weighted by Crippen LogP contribution is -2.47. The quantitative estimate of drug-likeness (QED) is 0.717. The fourth-order valence-electron chi connectivity index (χ4n) is 2.23. The Bertz CT molecular complexity index is 286. The first-order chi connectivity index (χ1) is 7.61. The van der Waals surface area contributed by atoms with Gasteiger partial charge in [0.05, 0.1) is 0 Å². The predicted octanol–water partition coefficient (Wildman–Crippen LogP) is 0.434. The summed E-state index contributed by atoms with van der Waals surface area (Å²) in [6.07, 6.45) is 6.15. The van der Waals surface area contributed by atoms with Gasteiger partial charge in [0.15, 0.2) is 0 Å². The number of nitrogens with two attached hydrogens (primary N) is 1. The van der Waals surface area contributed by atoms with Gasteiger partial charge in [0.25, 0.3) is 10.2 Å². The number of nitrogens with one attached hydrogen (secondary N) is 1. The highest BCUT2D eigenvalue weighted by Gasteiger charge is 2.29. The average molecular weight is 249 g/mol. The largest absolute Gasteiger partial charge is 0.330 e. The molecule has 1 aliphatic carbocycles. The van der Waals surface area contributed by atoms with E-state index in [-0.39, 0.29) is 6.04 Å². The van der Waals surface area contributed by atoms with Crippen LogP contribution in [0.1, 0.15) is 38.5 Å². The first-order valence-electron chi connectivity index (χ1n) is 6.02. The molecule has 0 spiro atoms. The normalized spacial score (nSPS) is 19.2. The van der Waals surface area contributed by atoms with Gasteiger partial charge in [-0.1, -0.05) is 19.3 Å². The van der Waals surface area contributed by atoms with E-state index in [9.17, 15) is 8.42 Å². The van der Waals surface area contributed by atoms with Gasteiger partial charge < -0.3 is 5.73 Å². The molecule has 0 unspecified atom stereocenters. The molecule has 0 atom stereocenters. The number of hydrogen-bond acceptors (Lipinski definition) is 3. The topological polar surface area (TPSA) is 75.4 Å². The van der Waals surface area contributed by atoms with Crippen LogP contribution in [0.5, 0.6) is 0 Å². The van der Waals surface area contributed by atoms with Crippen molar-refractivity contribution < 1.29 is 8.42 Å². The van der Waals surface area contributed by atoms with Gasteiger partial charge >= 0.3 is 0 Å². The molecule has 1 rings (SSSR count). The maximum absolute atomic E-state index is 11.9. The second kappa shape index (κ2) is 6.54. The highest BCUT2D eigenvalue weighted by atomic mass is 32.2. The molecule has 5 nitrogen and oxygen atoms in total. The second-order valence-corrected chi connectivity index (χ2v) is 6.08. The molecule has 0 aromatic heterocycles. The summed E-state index contributed by atoms with van der Waals surface area (Å²) in [7, 11) is -1.84. The summed E-state index contributed by atoms with van der Waals surface area (Å²) >= 11 is 0. The van der Waals surface area contributed by atoms with E-state index in [2.05, 4.69) is 4.72 Å². The van der Waals surface area contributed by atoms with Crippen LogP contribution in [-0.2, 0) is 10.2 Å². The van der Waals surface area contributed by atoms with Gasteiger partial charge in [-0.3, -0.25) is 0 Å². The minimum absolute atomic E-state index is 0.165. The van der Waals surface area contributed by atoms with Crippen molar-refractivity contribution >= 4 is 10.2 Å². The zero-order chi connectivity index (χ0) is 12.0. The fourth-order valence-corrected chi connectivity index (χ4v) is 3.44. The van der Waals surface area contributed by atoms with E-state index >= 15 is 0 Å². The zero-order valence-corrected chi connectivity index (χ0v) is 10.8. The fraction of sp³-hybridized carbons (Fsp3) is 1.00. The van der Waals surface area contributed by atoms with E-state index in [1.807, 2.05) is 0 Å². The van der Waals surface area contributed by atoms with Crippen LogP contribution in [0, 0.1) is 0 Å². The van der Waals surface area contributed by atoms with Gasteiger partial charge in [-0.15, -0.1) is 0 Å². The molecular formula is C10H23N3O2S. The van der Waals surface area contributed by atoms with E-state index in [1.54, 1.807) is 4.31 Å². The molecule has 1 fully saturated rings. The molecule has 3 N–H and O–H groups in total. The summed E-state index contributed by atoms with van der Waals surface area (Å²) in [6.45, 7) is 1.06. The monoisotopic (exact) mass is 249 g/mol. The molecule has 0 bridgehead atoms. The van der Waals surface area contributed by atoms with Crippen LogP contribution in [0.2, 0.25) is 0 Å². The van der Waals surface area contributed by atoms with Crippen molar-refractivity contribution in [2.45, 2.75) is 44.6 Å². The molecule has 0 heterocycles. The van der Waals surface area contributed by atoms with Crippen LogP contribution in [0.3, 0.4) is 0 Å². The summed E-state index contributed by atoms with van der Waals surface area (Å²) in [4.78, 5) is 0. The predicted molar refractivity (Wildman–Crippen MR) is 65.2 cm³/mol. The van der Waals surface area contributed by atoms with Crippen molar-refractivity contribution in [2.24, 2.45) is 5.73 Å². The first-order valence-corrected chi connectivity index (χ1v) is 7.46. The smallest absolute Gasteiger partial charge is 0.279 e. The van der Waals surface area contributed by atoms with Crippen molar-refractivity contribution in [1.29, 1.82) is 0 Å². The molecule has 1 saturated carbocycles. The average Bonchev–Trinajstić information content (AvgIpc) is 2.31. The van der Waals surface area contributed by atoms with Crippen molar-refractivity contribution in [3.8, 4) is 0 Å². The third-order valence-corrected chi connectivity index (χ3v) is 4.75. The number of nitrogens with zero attached hydrogens (tertiary/aromatic N) is 1. The van der Waals surface area contributed by atoms with E-state index < -0.39 is 10.2 Å². The molecule has 0 aromatic rings. The van der Waals surface area contributed by atoms with Crippen LogP contribution in [-0.4, -0.2) is 38.9 Å². The Hall–Kier alpha value is -0.170. The van der Waals surface area contributed by atoms with E-state index in [4.69, 9.17) is 5.73 Å². The Balaban J connectivity index is 2.69. The standard InChI is InChI=1S/C10H23N3O2S/c1-12-16(14,15)13(9-5-8-11)10-6-3-2-4-7-10/h10,12H,2-9,11H2,1H3. The molecule has 96 valence electrons. The van der Waals surface area contributed by atoms with Crippen molar-refractivity contribution in [1.82, 2.24) is 9.03 Å². The van der Waals surface area contributed by atoms with E-state index in [0.29, 0.717) is 13.1 Å². The van der Waals surface area contributed by atoms with Crippen LogP contribution in [0.4, 0.5) is 0 Å². The molecule has 0 amide bonds. The Labute approximate surface area is 98.6 Å². The molecular weight excluding hydrogens is 226 g/mol. The van der Waals surface area contributed by atoms with Crippen LogP contribution < -0.4 is 10.5 Å². The molecule has 16 heavy (non-hydrogen) atoms. The molecule has 6 heteroatoms. The van der Waals surface area contributed by atoms with Gasteiger partial charge in [-0.25, -0.2) is 4.72 Å². The Morgan fingerprint density at radius 2 is 1.94 bits per heavy atom. The SMILES string of the molecule is CNS(=O)(=O)N(CCCN)C1CCCCC1. The summed E-state index contributed by atoms with van der Waals surface area (Å²) in [5, 5.41) is 0. The molecule has 0 radical (unpaired) electrons. The van der Waals surface area contributed by atoms with Crippen molar-refractivity contribution in [3.05, 3.63) is 0 Å². The highest BCUT2D eigenvalue weighted by Crippen LogP contribution is 2.24. The lowest BCUT2D eigenvalue weighted by atomic mass is 9.95. The van der Waals surface area contributed by atoms with Crippen LogP contribution >= 0.6 is 0 Å².